The summed E-state index contributed by atoms with van der Waals surface area (Å²) in [6, 6.07) is 23.4. The van der Waals surface area contributed by atoms with E-state index < -0.39 is 0 Å². The first-order chi connectivity index (χ1) is 15.4. The van der Waals surface area contributed by atoms with Gasteiger partial charge in [0.25, 0.3) is 0 Å². The molecule has 0 heterocycles. The molecule has 0 aromatic heterocycles. The molecule has 0 saturated carbocycles. The van der Waals surface area contributed by atoms with Crippen molar-refractivity contribution in [1.29, 1.82) is 0 Å². The number of aromatic hydroxyl groups is 2. The summed E-state index contributed by atoms with van der Waals surface area (Å²) in [6.07, 6.45) is 3.28. The number of likely N-dealkylation sites (N-methyl/N-ethyl adjacent to an activating group) is 1. The van der Waals surface area contributed by atoms with Gasteiger partial charge in [-0.1, -0.05) is 30.3 Å². The van der Waals surface area contributed by atoms with Gasteiger partial charge in [-0.15, -0.1) is 0 Å². The van der Waals surface area contributed by atoms with E-state index >= 15 is 0 Å². The van der Waals surface area contributed by atoms with Crippen molar-refractivity contribution in [2.75, 3.05) is 14.1 Å². The number of hydrogen-bond donors (Lipinski definition) is 2. The second-order valence-corrected chi connectivity index (χ2v) is 7.63. The third-order valence-electron chi connectivity index (χ3n) is 5.09. The normalized spacial score (nSPS) is 11.1. The van der Waals surface area contributed by atoms with Gasteiger partial charge < -0.3 is 19.8 Å². The third-order valence-corrected chi connectivity index (χ3v) is 5.09. The third kappa shape index (κ3) is 4.57. The second kappa shape index (κ2) is 8.86. The highest BCUT2D eigenvalue weighted by atomic mass is 16.5. The first-order valence-corrected chi connectivity index (χ1v) is 10.1. The number of fused-ring (bicyclic) bond motifs is 1. The van der Waals surface area contributed by atoms with Crippen molar-refractivity contribution >= 4 is 22.8 Å². The number of phenols is 2. The maximum atomic E-state index is 11.7. The second-order valence-electron chi connectivity index (χ2n) is 7.63. The van der Waals surface area contributed by atoms with Gasteiger partial charge >= 0.3 is 0 Å². The molecule has 4 rings (SSSR count). The van der Waals surface area contributed by atoms with Crippen LogP contribution in [-0.2, 0) is 4.79 Å². The molecule has 0 fully saturated rings. The first-order valence-electron chi connectivity index (χ1n) is 10.1. The van der Waals surface area contributed by atoms with E-state index in [1.54, 1.807) is 44.4 Å². The molecule has 5 nitrogen and oxygen atoms in total. The Hall–Kier alpha value is -4.25. The summed E-state index contributed by atoms with van der Waals surface area (Å²) in [5, 5.41) is 21.2. The van der Waals surface area contributed by atoms with E-state index in [0.717, 1.165) is 27.5 Å². The van der Waals surface area contributed by atoms with Crippen LogP contribution >= 0.6 is 0 Å². The summed E-state index contributed by atoms with van der Waals surface area (Å²) < 4.78 is 6.32. The van der Waals surface area contributed by atoms with Crippen LogP contribution in [0.1, 0.15) is 5.56 Å². The zero-order valence-corrected chi connectivity index (χ0v) is 17.8. The smallest absolute Gasteiger partial charge is 0.246 e. The molecule has 0 radical (unpaired) electrons. The van der Waals surface area contributed by atoms with Gasteiger partial charge in [-0.3, -0.25) is 4.79 Å². The maximum absolute atomic E-state index is 11.7. The van der Waals surface area contributed by atoms with Crippen LogP contribution in [0.15, 0.2) is 84.9 Å². The number of phenolic OH excluding ortho intramolecular Hbond substituents is 2. The number of ether oxygens (including phenoxy) is 1. The largest absolute Gasteiger partial charge is 0.508 e. The lowest BCUT2D eigenvalue weighted by molar-refractivity contribution is -0.123. The molecular weight excluding hydrogens is 402 g/mol. The summed E-state index contributed by atoms with van der Waals surface area (Å²) >= 11 is 0. The van der Waals surface area contributed by atoms with Crippen molar-refractivity contribution in [3.05, 3.63) is 90.5 Å². The predicted molar refractivity (Wildman–Crippen MR) is 127 cm³/mol. The zero-order valence-electron chi connectivity index (χ0n) is 17.8. The standard InChI is InChI=1S/C27H23NO4/c1-28(2)26(31)16-5-18-3-12-23(13-4-18)32-27-24(19-6-9-21(29)10-7-19)14-8-20-17-22(30)11-15-25(20)27/h3-17,29-30H,1-2H3. The van der Waals surface area contributed by atoms with E-state index in [2.05, 4.69) is 0 Å². The first kappa shape index (κ1) is 21.0. The lowest BCUT2D eigenvalue weighted by Gasteiger charge is -2.15. The van der Waals surface area contributed by atoms with Crippen molar-refractivity contribution in [2.24, 2.45) is 0 Å². The maximum Gasteiger partial charge on any atom is 0.246 e. The molecule has 0 unspecified atom stereocenters. The van der Waals surface area contributed by atoms with Crippen molar-refractivity contribution < 1.29 is 19.7 Å². The molecule has 0 aliphatic rings. The predicted octanol–water partition coefficient (Wildman–Crippen LogP) is 5.81. The minimum absolute atomic E-state index is 0.0807. The van der Waals surface area contributed by atoms with Gasteiger partial charge in [0.15, 0.2) is 0 Å². The summed E-state index contributed by atoms with van der Waals surface area (Å²) in [4.78, 5) is 13.3. The zero-order chi connectivity index (χ0) is 22.7. The molecule has 32 heavy (non-hydrogen) atoms. The van der Waals surface area contributed by atoms with Crippen LogP contribution in [0.5, 0.6) is 23.0 Å². The molecule has 0 atom stereocenters. The molecule has 0 aliphatic carbocycles. The molecule has 0 aliphatic heterocycles. The number of carbonyl (C=O) groups excluding carboxylic acids is 1. The van der Waals surface area contributed by atoms with Crippen LogP contribution in [0.3, 0.4) is 0 Å². The van der Waals surface area contributed by atoms with Crippen molar-refractivity contribution in [3.63, 3.8) is 0 Å². The number of amides is 1. The molecule has 0 bridgehead atoms. The average Bonchev–Trinajstić information content (AvgIpc) is 2.79. The van der Waals surface area contributed by atoms with Crippen LogP contribution in [0.4, 0.5) is 0 Å². The molecular formula is C27H23NO4. The van der Waals surface area contributed by atoms with E-state index in [1.165, 1.54) is 11.0 Å². The number of benzene rings is 4. The quantitative estimate of drug-likeness (QED) is 0.396. The Balaban J connectivity index is 1.72. The van der Waals surface area contributed by atoms with Crippen LogP contribution in [-0.4, -0.2) is 35.1 Å². The van der Waals surface area contributed by atoms with Crippen LogP contribution in [0, 0.1) is 0 Å². The summed E-state index contributed by atoms with van der Waals surface area (Å²) in [5.74, 6) is 1.59. The van der Waals surface area contributed by atoms with Crippen molar-refractivity contribution in [1.82, 2.24) is 4.90 Å². The van der Waals surface area contributed by atoms with Gasteiger partial charge in [0, 0.05) is 31.1 Å². The molecule has 5 heteroatoms. The highest BCUT2D eigenvalue weighted by molar-refractivity contribution is 5.96. The van der Waals surface area contributed by atoms with Gasteiger partial charge in [-0.05, 0) is 71.1 Å². The Morgan fingerprint density at radius 2 is 1.53 bits per heavy atom. The molecule has 4 aromatic rings. The van der Waals surface area contributed by atoms with Crippen LogP contribution in [0.2, 0.25) is 0 Å². The van der Waals surface area contributed by atoms with Gasteiger partial charge in [0.05, 0.1) is 0 Å². The van der Waals surface area contributed by atoms with E-state index in [9.17, 15) is 15.0 Å². The Morgan fingerprint density at radius 3 is 2.22 bits per heavy atom. The van der Waals surface area contributed by atoms with E-state index in [-0.39, 0.29) is 17.4 Å². The molecule has 2 N–H and O–H groups in total. The Labute approximate surface area is 186 Å². The molecule has 0 saturated heterocycles. The van der Waals surface area contributed by atoms with Gasteiger partial charge in [-0.2, -0.15) is 0 Å². The SMILES string of the molecule is CN(C)C(=O)C=Cc1ccc(Oc2c(-c3ccc(O)cc3)ccc3cc(O)ccc23)cc1. The number of hydrogen-bond acceptors (Lipinski definition) is 4. The van der Waals surface area contributed by atoms with E-state index in [1.807, 2.05) is 54.6 Å². The number of carbonyl (C=O) groups is 1. The van der Waals surface area contributed by atoms with Gasteiger partial charge in [0.2, 0.25) is 5.91 Å². The van der Waals surface area contributed by atoms with Crippen LogP contribution < -0.4 is 4.74 Å². The fourth-order valence-corrected chi connectivity index (χ4v) is 3.35. The monoisotopic (exact) mass is 425 g/mol. The Kier molecular flexibility index (Phi) is 5.81. The molecule has 1 amide bonds. The van der Waals surface area contributed by atoms with Crippen LogP contribution in [0.25, 0.3) is 28.0 Å². The highest BCUT2D eigenvalue weighted by Crippen LogP contribution is 2.40. The lowest BCUT2D eigenvalue weighted by Crippen LogP contribution is -2.18. The van der Waals surface area contributed by atoms with E-state index in [4.69, 9.17) is 4.74 Å². The molecule has 4 aromatic carbocycles. The number of rotatable bonds is 5. The summed E-state index contributed by atoms with van der Waals surface area (Å²) in [5.41, 5.74) is 2.65. The molecule has 160 valence electrons. The topological polar surface area (TPSA) is 70.0 Å². The highest BCUT2D eigenvalue weighted by Gasteiger charge is 2.13. The molecule has 0 spiro atoms. The van der Waals surface area contributed by atoms with Crippen molar-refractivity contribution in [2.45, 2.75) is 0 Å². The minimum Gasteiger partial charge on any atom is -0.508 e. The Bertz CT molecular complexity index is 1290. The van der Waals surface area contributed by atoms with Gasteiger partial charge in [-0.25, -0.2) is 0 Å². The lowest BCUT2D eigenvalue weighted by atomic mass is 9.99. The summed E-state index contributed by atoms with van der Waals surface area (Å²) in [7, 11) is 3.42. The fraction of sp³-hybridized carbons (Fsp3) is 0.0741. The Morgan fingerprint density at radius 1 is 0.844 bits per heavy atom. The fourth-order valence-electron chi connectivity index (χ4n) is 3.35. The number of nitrogens with zero attached hydrogens (tertiary/aromatic N) is 1. The average molecular weight is 425 g/mol. The van der Waals surface area contributed by atoms with E-state index in [0.29, 0.717) is 11.5 Å². The van der Waals surface area contributed by atoms with Crippen molar-refractivity contribution in [3.8, 4) is 34.1 Å². The van der Waals surface area contributed by atoms with Gasteiger partial charge in [0.1, 0.15) is 23.0 Å². The summed E-state index contributed by atoms with van der Waals surface area (Å²) in [6.45, 7) is 0. The minimum atomic E-state index is -0.0807.